The molecule has 0 atom stereocenters. The zero-order valence-electron chi connectivity index (χ0n) is 8.38. The van der Waals surface area contributed by atoms with Crippen molar-refractivity contribution in [2.24, 2.45) is 0 Å². The van der Waals surface area contributed by atoms with Gasteiger partial charge in [0.1, 0.15) is 12.4 Å². The van der Waals surface area contributed by atoms with Crippen molar-refractivity contribution in [2.45, 2.75) is 2.14 Å². The van der Waals surface area contributed by atoms with E-state index in [1.165, 1.54) is 0 Å². The Balaban J connectivity index is 2.59. The van der Waals surface area contributed by atoms with Crippen molar-refractivity contribution in [2.75, 3.05) is 13.7 Å². The summed E-state index contributed by atoms with van der Waals surface area (Å²) in [6.07, 6.45) is 0. The van der Waals surface area contributed by atoms with E-state index in [9.17, 15) is 4.79 Å². The second kappa shape index (κ2) is 6.02. The first-order valence-corrected chi connectivity index (χ1v) is 6.68. The van der Waals surface area contributed by atoms with Crippen LogP contribution in [0.3, 0.4) is 0 Å². The maximum Gasteiger partial charge on any atom is 0.338 e. The lowest BCUT2D eigenvalue weighted by atomic mass is 10.2. The van der Waals surface area contributed by atoms with Crippen LogP contribution in [-0.2, 0) is 4.74 Å². The van der Waals surface area contributed by atoms with Crippen LogP contribution in [-0.4, -0.2) is 21.8 Å². The van der Waals surface area contributed by atoms with Crippen LogP contribution in [0.5, 0.6) is 5.75 Å². The smallest absolute Gasteiger partial charge is 0.338 e. The number of hydrogen-bond donors (Lipinski definition) is 0. The molecule has 0 amide bonds. The first-order valence-electron chi connectivity index (χ1n) is 4.30. The maximum atomic E-state index is 11.6. The van der Waals surface area contributed by atoms with Crippen LogP contribution < -0.4 is 4.74 Å². The Morgan fingerprint density at radius 1 is 1.25 bits per heavy atom. The first-order chi connectivity index (χ1) is 7.42. The van der Waals surface area contributed by atoms with E-state index in [2.05, 4.69) is 47.8 Å². The SMILES string of the molecule is COc1ccc(C(=O)OCC(Br)(Br)Br)cc1. The fraction of sp³-hybridized carbons (Fsp3) is 0.300. The van der Waals surface area contributed by atoms with Gasteiger partial charge in [-0.1, -0.05) is 47.8 Å². The minimum atomic E-state index is -0.574. The number of carbonyl (C=O) groups is 1. The predicted molar refractivity (Wildman–Crippen MR) is 72.8 cm³/mol. The van der Waals surface area contributed by atoms with Crippen molar-refractivity contribution < 1.29 is 14.3 Å². The number of ether oxygens (including phenoxy) is 2. The summed E-state index contributed by atoms with van der Waals surface area (Å²) in [5, 5.41) is 0. The minimum absolute atomic E-state index is 0.165. The van der Waals surface area contributed by atoms with E-state index >= 15 is 0 Å². The monoisotopic (exact) mass is 414 g/mol. The summed E-state index contributed by atoms with van der Waals surface area (Å²) < 4.78 is 9.46. The van der Waals surface area contributed by atoms with Gasteiger partial charge in [-0.25, -0.2) is 4.79 Å². The van der Waals surface area contributed by atoms with Crippen LogP contribution in [0.4, 0.5) is 0 Å². The molecule has 0 aliphatic rings. The summed E-state index contributed by atoms with van der Waals surface area (Å²) in [6, 6.07) is 6.72. The van der Waals surface area contributed by atoms with Crippen LogP contribution >= 0.6 is 47.8 Å². The van der Waals surface area contributed by atoms with Crippen molar-refractivity contribution in [1.82, 2.24) is 0 Å². The van der Waals surface area contributed by atoms with Gasteiger partial charge in [0, 0.05) is 0 Å². The van der Waals surface area contributed by atoms with Gasteiger partial charge in [0.25, 0.3) is 0 Å². The molecule has 1 aromatic rings. The second-order valence-corrected chi connectivity index (χ2v) is 10.2. The molecule has 1 rings (SSSR count). The number of carbonyl (C=O) groups excluding carboxylic acids is 1. The highest BCUT2D eigenvalue weighted by Crippen LogP contribution is 2.33. The van der Waals surface area contributed by atoms with Gasteiger partial charge in [0.05, 0.1) is 12.7 Å². The van der Waals surface area contributed by atoms with Crippen molar-refractivity contribution in [3.05, 3.63) is 29.8 Å². The van der Waals surface area contributed by atoms with Crippen molar-refractivity contribution in [3.63, 3.8) is 0 Å². The summed E-state index contributed by atoms with van der Waals surface area (Å²) in [4.78, 5) is 11.6. The van der Waals surface area contributed by atoms with Crippen molar-refractivity contribution >= 4 is 53.8 Å². The lowest BCUT2D eigenvalue weighted by Gasteiger charge is -2.12. The van der Waals surface area contributed by atoms with E-state index in [-0.39, 0.29) is 12.6 Å². The highest BCUT2D eigenvalue weighted by molar-refractivity contribution is 9.39. The highest BCUT2D eigenvalue weighted by atomic mass is 80.0. The molecule has 0 fully saturated rings. The fourth-order valence-corrected chi connectivity index (χ4v) is 1.30. The third kappa shape index (κ3) is 4.84. The molecule has 0 bridgehead atoms. The Bertz CT molecular complexity index is 357. The molecule has 0 saturated heterocycles. The van der Waals surface area contributed by atoms with E-state index < -0.39 is 2.14 Å². The number of hydrogen-bond acceptors (Lipinski definition) is 3. The molecule has 0 spiro atoms. The number of alkyl halides is 3. The third-order valence-electron chi connectivity index (χ3n) is 1.69. The van der Waals surface area contributed by atoms with E-state index in [0.29, 0.717) is 11.3 Å². The largest absolute Gasteiger partial charge is 0.497 e. The van der Waals surface area contributed by atoms with Crippen molar-refractivity contribution in [3.8, 4) is 5.75 Å². The van der Waals surface area contributed by atoms with Crippen LogP contribution in [0.1, 0.15) is 10.4 Å². The summed E-state index contributed by atoms with van der Waals surface area (Å²) in [5.74, 6) is 0.317. The molecule has 0 radical (unpaired) electrons. The number of halogens is 3. The van der Waals surface area contributed by atoms with Gasteiger partial charge in [-0.2, -0.15) is 0 Å². The molecule has 88 valence electrons. The standard InChI is InChI=1S/C10H9Br3O3/c1-15-8-4-2-7(3-5-8)9(14)16-6-10(11,12)13/h2-5H,6H2,1H3. The first kappa shape index (κ1) is 14.0. The van der Waals surface area contributed by atoms with Crippen LogP contribution in [0.15, 0.2) is 24.3 Å². The van der Waals surface area contributed by atoms with E-state index in [0.717, 1.165) is 0 Å². The molecule has 0 aliphatic carbocycles. The van der Waals surface area contributed by atoms with Gasteiger partial charge >= 0.3 is 5.97 Å². The average Bonchev–Trinajstić information content (AvgIpc) is 2.25. The Morgan fingerprint density at radius 3 is 2.25 bits per heavy atom. The van der Waals surface area contributed by atoms with Gasteiger partial charge in [0.2, 0.25) is 0 Å². The van der Waals surface area contributed by atoms with Crippen LogP contribution in [0, 0.1) is 0 Å². The Kier molecular flexibility index (Phi) is 5.27. The second-order valence-electron chi connectivity index (χ2n) is 2.92. The highest BCUT2D eigenvalue weighted by Gasteiger charge is 2.20. The molecular formula is C10H9Br3O3. The normalized spacial score (nSPS) is 11.0. The molecule has 0 aliphatic heterocycles. The van der Waals surface area contributed by atoms with E-state index in [1.54, 1.807) is 31.4 Å². The van der Waals surface area contributed by atoms with Gasteiger partial charge < -0.3 is 9.47 Å². The minimum Gasteiger partial charge on any atom is -0.497 e. The molecule has 0 aromatic heterocycles. The number of esters is 1. The van der Waals surface area contributed by atoms with E-state index in [4.69, 9.17) is 9.47 Å². The number of rotatable bonds is 3. The Labute approximate surface area is 119 Å². The number of benzene rings is 1. The van der Waals surface area contributed by atoms with Crippen molar-refractivity contribution in [1.29, 1.82) is 0 Å². The number of methoxy groups -OCH3 is 1. The molecule has 0 heterocycles. The average molecular weight is 417 g/mol. The lowest BCUT2D eigenvalue weighted by molar-refractivity contribution is 0.0521. The summed E-state index contributed by atoms with van der Waals surface area (Å²) in [7, 11) is 1.57. The maximum absolute atomic E-state index is 11.6. The summed E-state index contributed by atoms with van der Waals surface area (Å²) in [6.45, 7) is 0.165. The predicted octanol–water partition coefficient (Wildman–Crippen LogP) is 3.69. The van der Waals surface area contributed by atoms with Gasteiger partial charge in [-0.15, -0.1) is 0 Å². The molecule has 6 heteroatoms. The van der Waals surface area contributed by atoms with Gasteiger partial charge in [0.15, 0.2) is 2.14 Å². The lowest BCUT2D eigenvalue weighted by Crippen LogP contribution is -2.15. The zero-order valence-corrected chi connectivity index (χ0v) is 13.1. The molecule has 0 unspecified atom stereocenters. The molecule has 0 N–H and O–H groups in total. The van der Waals surface area contributed by atoms with E-state index in [1.807, 2.05) is 0 Å². The molecule has 16 heavy (non-hydrogen) atoms. The zero-order chi connectivity index (χ0) is 12.2. The summed E-state index contributed by atoms with van der Waals surface area (Å²) in [5.41, 5.74) is 0.484. The molecule has 1 aromatic carbocycles. The molecule has 0 saturated carbocycles. The van der Waals surface area contributed by atoms with Crippen LogP contribution in [0.2, 0.25) is 0 Å². The quantitative estimate of drug-likeness (QED) is 0.557. The molecular weight excluding hydrogens is 408 g/mol. The fourth-order valence-electron chi connectivity index (χ4n) is 0.958. The van der Waals surface area contributed by atoms with Gasteiger partial charge in [-0.05, 0) is 24.3 Å². The van der Waals surface area contributed by atoms with Gasteiger partial charge in [-0.3, -0.25) is 0 Å². The topological polar surface area (TPSA) is 35.5 Å². The van der Waals surface area contributed by atoms with Crippen LogP contribution in [0.25, 0.3) is 0 Å². The Morgan fingerprint density at radius 2 is 1.81 bits per heavy atom. The Hall–Kier alpha value is -0.0700. The molecule has 3 nitrogen and oxygen atoms in total. The summed E-state index contributed by atoms with van der Waals surface area (Å²) >= 11 is 9.72. The third-order valence-corrected chi connectivity index (χ3v) is 2.38.